The van der Waals surface area contributed by atoms with Crippen LogP contribution in [0.3, 0.4) is 0 Å². The summed E-state index contributed by atoms with van der Waals surface area (Å²) in [6.07, 6.45) is 4.25. The third-order valence-corrected chi connectivity index (χ3v) is 5.95. The molecule has 0 amide bonds. The predicted molar refractivity (Wildman–Crippen MR) is 114 cm³/mol. The second-order valence-corrected chi connectivity index (χ2v) is 7.92. The van der Waals surface area contributed by atoms with Crippen LogP contribution in [0.15, 0.2) is 42.7 Å². The number of hydrogen-bond acceptors (Lipinski definition) is 4. The first-order valence-electron chi connectivity index (χ1n) is 10.2. The van der Waals surface area contributed by atoms with Gasteiger partial charge in [-0.05, 0) is 49.1 Å². The minimum Gasteiger partial charge on any atom is -0.395 e. The average molecular weight is 379 g/mol. The fourth-order valence-corrected chi connectivity index (χ4v) is 4.23. The normalized spacial score (nSPS) is 17.3. The number of pyridine rings is 1. The Morgan fingerprint density at radius 3 is 2.39 bits per heavy atom. The van der Waals surface area contributed by atoms with E-state index in [1.165, 1.54) is 22.3 Å². The van der Waals surface area contributed by atoms with Gasteiger partial charge in [0, 0.05) is 51.2 Å². The van der Waals surface area contributed by atoms with Gasteiger partial charge in [-0.2, -0.15) is 0 Å². The molecule has 1 aromatic carbocycles. The molecule has 1 atom stereocenters. The Morgan fingerprint density at radius 2 is 1.71 bits per heavy atom. The third-order valence-electron chi connectivity index (χ3n) is 5.95. The number of piperazine rings is 1. The van der Waals surface area contributed by atoms with Gasteiger partial charge in [0.15, 0.2) is 0 Å². The minimum atomic E-state index is 0.251. The Hall–Kier alpha value is -2.21. The van der Waals surface area contributed by atoms with E-state index in [0.717, 1.165) is 44.1 Å². The van der Waals surface area contributed by atoms with Crippen molar-refractivity contribution in [3.8, 4) is 11.1 Å². The molecule has 2 aromatic heterocycles. The molecule has 0 radical (unpaired) electrons. The van der Waals surface area contributed by atoms with E-state index in [9.17, 15) is 0 Å². The van der Waals surface area contributed by atoms with E-state index >= 15 is 0 Å². The molecule has 0 saturated carbocycles. The summed E-state index contributed by atoms with van der Waals surface area (Å²) < 4.78 is 2.13. The van der Waals surface area contributed by atoms with E-state index in [0.29, 0.717) is 6.04 Å². The third kappa shape index (κ3) is 3.83. The summed E-state index contributed by atoms with van der Waals surface area (Å²) in [6, 6.07) is 11.6. The van der Waals surface area contributed by atoms with Crippen LogP contribution in [0, 0.1) is 13.8 Å². The Balaban J connectivity index is 1.49. The number of benzene rings is 1. The monoisotopic (exact) mass is 378 g/mol. The molecular weight excluding hydrogens is 348 g/mol. The highest BCUT2D eigenvalue weighted by Gasteiger charge is 2.21. The number of hydrogen-bond donors (Lipinski definition) is 1. The van der Waals surface area contributed by atoms with Gasteiger partial charge in [-0.3, -0.25) is 9.80 Å². The van der Waals surface area contributed by atoms with Gasteiger partial charge in [0.2, 0.25) is 0 Å². The fourth-order valence-electron chi connectivity index (χ4n) is 4.23. The molecule has 1 aliphatic heterocycles. The zero-order valence-electron chi connectivity index (χ0n) is 17.1. The molecule has 5 nitrogen and oxygen atoms in total. The van der Waals surface area contributed by atoms with E-state index in [-0.39, 0.29) is 6.61 Å². The van der Waals surface area contributed by atoms with Gasteiger partial charge in [0.25, 0.3) is 0 Å². The standard InChI is InChI=1S/C23H30N4O/c1-17-14-22(16-27-15-18(2)24-23(17)27)21-6-4-20(5-7-21)19(3)26-10-8-25(9-11-26)12-13-28/h4-7,14-16,19,28H,8-13H2,1-3H3. The smallest absolute Gasteiger partial charge is 0.139 e. The molecule has 4 rings (SSSR count). The molecule has 1 N–H and O–H groups in total. The molecule has 0 bridgehead atoms. The van der Waals surface area contributed by atoms with Crippen molar-refractivity contribution >= 4 is 5.65 Å². The highest BCUT2D eigenvalue weighted by molar-refractivity contribution is 5.67. The van der Waals surface area contributed by atoms with E-state index in [4.69, 9.17) is 5.11 Å². The number of imidazole rings is 1. The maximum Gasteiger partial charge on any atom is 0.139 e. The maximum atomic E-state index is 9.11. The molecule has 28 heavy (non-hydrogen) atoms. The van der Waals surface area contributed by atoms with Crippen LogP contribution in [0.4, 0.5) is 0 Å². The summed E-state index contributed by atoms with van der Waals surface area (Å²) in [5, 5.41) is 9.11. The van der Waals surface area contributed by atoms with Crippen LogP contribution in [0.1, 0.15) is 29.8 Å². The van der Waals surface area contributed by atoms with E-state index in [2.05, 4.69) is 75.8 Å². The summed E-state index contributed by atoms with van der Waals surface area (Å²) >= 11 is 0. The molecule has 1 saturated heterocycles. The van der Waals surface area contributed by atoms with Crippen molar-refractivity contribution in [3.05, 3.63) is 59.5 Å². The highest BCUT2D eigenvalue weighted by atomic mass is 16.3. The Labute approximate surface area is 167 Å². The summed E-state index contributed by atoms with van der Waals surface area (Å²) in [5.41, 5.74) is 7.09. The minimum absolute atomic E-state index is 0.251. The summed E-state index contributed by atoms with van der Waals surface area (Å²) in [4.78, 5) is 9.46. The molecule has 5 heteroatoms. The first-order chi connectivity index (χ1) is 13.5. The Bertz CT molecular complexity index is 939. The summed E-state index contributed by atoms with van der Waals surface area (Å²) in [5.74, 6) is 0. The van der Waals surface area contributed by atoms with Gasteiger partial charge in [-0.15, -0.1) is 0 Å². The van der Waals surface area contributed by atoms with Crippen molar-refractivity contribution in [1.82, 2.24) is 19.2 Å². The number of aliphatic hydroxyl groups excluding tert-OH is 1. The van der Waals surface area contributed by atoms with Gasteiger partial charge >= 0.3 is 0 Å². The largest absolute Gasteiger partial charge is 0.395 e. The van der Waals surface area contributed by atoms with Gasteiger partial charge < -0.3 is 9.51 Å². The lowest BCUT2D eigenvalue weighted by molar-refractivity contribution is 0.0888. The fraction of sp³-hybridized carbons (Fsp3) is 0.435. The second kappa shape index (κ2) is 8.03. The lowest BCUT2D eigenvalue weighted by atomic mass is 10.0. The average Bonchev–Trinajstić information content (AvgIpc) is 3.09. The van der Waals surface area contributed by atoms with Crippen LogP contribution in [0.2, 0.25) is 0 Å². The van der Waals surface area contributed by atoms with Gasteiger partial charge in [0.1, 0.15) is 5.65 Å². The van der Waals surface area contributed by atoms with Crippen molar-refractivity contribution in [2.24, 2.45) is 0 Å². The van der Waals surface area contributed by atoms with Crippen molar-refractivity contribution in [1.29, 1.82) is 0 Å². The molecule has 148 valence electrons. The zero-order chi connectivity index (χ0) is 19.7. The number of aliphatic hydroxyl groups is 1. The Morgan fingerprint density at radius 1 is 1.00 bits per heavy atom. The molecule has 1 fully saturated rings. The van der Waals surface area contributed by atoms with Crippen LogP contribution in [0.5, 0.6) is 0 Å². The van der Waals surface area contributed by atoms with Crippen LogP contribution in [-0.4, -0.2) is 63.6 Å². The predicted octanol–water partition coefficient (Wildman–Crippen LogP) is 3.29. The summed E-state index contributed by atoms with van der Waals surface area (Å²) in [7, 11) is 0. The Kier molecular flexibility index (Phi) is 5.49. The maximum absolute atomic E-state index is 9.11. The van der Waals surface area contributed by atoms with Gasteiger partial charge in [0.05, 0.1) is 12.3 Å². The molecule has 3 aromatic rings. The van der Waals surface area contributed by atoms with Crippen molar-refractivity contribution in [2.45, 2.75) is 26.8 Å². The van der Waals surface area contributed by atoms with E-state index < -0.39 is 0 Å². The molecule has 3 heterocycles. The number of aromatic nitrogens is 2. The topological polar surface area (TPSA) is 44.0 Å². The number of fused-ring (bicyclic) bond motifs is 1. The zero-order valence-corrected chi connectivity index (χ0v) is 17.1. The second-order valence-electron chi connectivity index (χ2n) is 7.92. The molecule has 0 spiro atoms. The van der Waals surface area contributed by atoms with Crippen LogP contribution >= 0.6 is 0 Å². The van der Waals surface area contributed by atoms with Crippen LogP contribution in [-0.2, 0) is 0 Å². The van der Waals surface area contributed by atoms with Crippen molar-refractivity contribution in [3.63, 3.8) is 0 Å². The first-order valence-corrected chi connectivity index (χ1v) is 10.2. The van der Waals surface area contributed by atoms with Gasteiger partial charge in [-0.25, -0.2) is 4.98 Å². The molecule has 1 aliphatic rings. The van der Waals surface area contributed by atoms with Crippen molar-refractivity contribution in [2.75, 3.05) is 39.3 Å². The molecular formula is C23H30N4O. The quantitative estimate of drug-likeness (QED) is 0.740. The molecule has 0 aliphatic carbocycles. The van der Waals surface area contributed by atoms with E-state index in [1.807, 2.05) is 6.92 Å². The summed E-state index contributed by atoms with van der Waals surface area (Å²) in [6.45, 7) is 11.7. The lowest BCUT2D eigenvalue weighted by Crippen LogP contribution is -2.47. The number of aryl methyl sites for hydroxylation is 2. The van der Waals surface area contributed by atoms with Crippen LogP contribution < -0.4 is 0 Å². The molecule has 1 unspecified atom stereocenters. The van der Waals surface area contributed by atoms with Gasteiger partial charge in [-0.1, -0.05) is 24.3 Å². The van der Waals surface area contributed by atoms with Crippen molar-refractivity contribution < 1.29 is 5.11 Å². The number of β-amino-alcohol motifs (C(OH)–C–C–N with tert-alkyl or cyclic N) is 1. The highest BCUT2D eigenvalue weighted by Crippen LogP contribution is 2.27. The number of rotatable bonds is 5. The lowest BCUT2D eigenvalue weighted by Gasteiger charge is -2.38. The first kappa shape index (κ1) is 19.1. The van der Waals surface area contributed by atoms with Crippen LogP contribution in [0.25, 0.3) is 16.8 Å². The SMILES string of the molecule is Cc1cn2cc(-c3ccc(C(C)N4CCN(CCO)CC4)cc3)cc(C)c2n1. The van der Waals surface area contributed by atoms with E-state index in [1.54, 1.807) is 0 Å². The number of nitrogens with zero attached hydrogens (tertiary/aromatic N) is 4.